The van der Waals surface area contributed by atoms with Crippen molar-refractivity contribution in [1.29, 1.82) is 0 Å². The van der Waals surface area contributed by atoms with Crippen LogP contribution in [-0.4, -0.2) is 12.6 Å². The summed E-state index contributed by atoms with van der Waals surface area (Å²) in [7, 11) is 0. The Balaban J connectivity index is 2.06. The van der Waals surface area contributed by atoms with E-state index in [0.29, 0.717) is 6.04 Å². The smallest absolute Gasteiger partial charge is 0.00388 e. The van der Waals surface area contributed by atoms with Crippen molar-refractivity contribution in [2.45, 2.75) is 52.5 Å². The van der Waals surface area contributed by atoms with Crippen LogP contribution in [0.15, 0.2) is 30.3 Å². The molecule has 17 heavy (non-hydrogen) atoms. The molecule has 0 radical (unpaired) electrons. The zero-order valence-electron chi connectivity index (χ0n) is 11.6. The summed E-state index contributed by atoms with van der Waals surface area (Å²) < 4.78 is 0. The minimum atomic E-state index is 0.650. The van der Waals surface area contributed by atoms with E-state index >= 15 is 0 Å². The highest BCUT2D eigenvalue weighted by Gasteiger charge is 2.02. The van der Waals surface area contributed by atoms with Crippen LogP contribution in [0.3, 0.4) is 0 Å². The van der Waals surface area contributed by atoms with E-state index in [9.17, 15) is 0 Å². The van der Waals surface area contributed by atoms with Gasteiger partial charge in [0.25, 0.3) is 0 Å². The Bertz CT molecular complexity index is 279. The Morgan fingerprint density at radius 3 is 2.35 bits per heavy atom. The van der Waals surface area contributed by atoms with Gasteiger partial charge in [0.1, 0.15) is 0 Å². The molecule has 0 aliphatic heterocycles. The van der Waals surface area contributed by atoms with Crippen LogP contribution >= 0.6 is 0 Å². The summed E-state index contributed by atoms with van der Waals surface area (Å²) in [5.74, 6) is 0.839. The maximum Gasteiger partial charge on any atom is 0.00388 e. The van der Waals surface area contributed by atoms with E-state index in [-0.39, 0.29) is 0 Å². The van der Waals surface area contributed by atoms with Crippen molar-refractivity contribution < 1.29 is 0 Å². The highest BCUT2D eigenvalue weighted by Crippen LogP contribution is 2.08. The molecule has 0 bridgehead atoms. The molecule has 0 aromatic heterocycles. The van der Waals surface area contributed by atoms with Crippen molar-refractivity contribution in [2.75, 3.05) is 6.54 Å². The molecular formula is C16H27N. The van der Waals surface area contributed by atoms with Gasteiger partial charge in [-0.25, -0.2) is 0 Å². The lowest BCUT2D eigenvalue weighted by atomic mass is 10.0. The summed E-state index contributed by atoms with van der Waals surface area (Å²) >= 11 is 0. The molecule has 1 rings (SSSR count). The SMILES string of the molecule is CC(C)CCCC(C)NCCc1ccccc1. The molecule has 1 aromatic rings. The number of rotatable bonds is 8. The first-order valence-electron chi connectivity index (χ1n) is 6.96. The molecule has 1 unspecified atom stereocenters. The summed E-state index contributed by atoms with van der Waals surface area (Å²) in [6.07, 6.45) is 5.13. The van der Waals surface area contributed by atoms with Crippen molar-refractivity contribution in [3.63, 3.8) is 0 Å². The minimum Gasteiger partial charge on any atom is -0.314 e. The highest BCUT2D eigenvalue weighted by atomic mass is 14.9. The Labute approximate surface area is 107 Å². The fourth-order valence-electron chi connectivity index (χ4n) is 2.04. The van der Waals surface area contributed by atoms with Crippen LogP contribution in [0.1, 0.15) is 45.6 Å². The van der Waals surface area contributed by atoms with E-state index in [1.807, 2.05) is 0 Å². The van der Waals surface area contributed by atoms with Crippen molar-refractivity contribution in [3.8, 4) is 0 Å². The lowest BCUT2D eigenvalue weighted by Crippen LogP contribution is -2.28. The van der Waals surface area contributed by atoms with Crippen LogP contribution in [-0.2, 0) is 6.42 Å². The third kappa shape index (κ3) is 7.17. The summed E-state index contributed by atoms with van der Waals surface area (Å²) in [6, 6.07) is 11.3. The fraction of sp³-hybridized carbons (Fsp3) is 0.625. The summed E-state index contributed by atoms with van der Waals surface area (Å²) in [6.45, 7) is 7.99. The maximum atomic E-state index is 3.60. The van der Waals surface area contributed by atoms with Crippen LogP contribution in [0.25, 0.3) is 0 Å². The molecule has 0 saturated heterocycles. The van der Waals surface area contributed by atoms with E-state index < -0.39 is 0 Å². The van der Waals surface area contributed by atoms with E-state index in [2.05, 4.69) is 56.4 Å². The van der Waals surface area contributed by atoms with Gasteiger partial charge in [-0.3, -0.25) is 0 Å². The van der Waals surface area contributed by atoms with Crippen molar-refractivity contribution in [1.82, 2.24) is 5.32 Å². The first-order chi connectivity index (χ1) is 8.18. The van der Waals surface area contributed by atoms with E-state index in [1.54, 1.807) is 0 Å². The third-order valence-electron chi connectivity index (χ3n) is 3.17. The highest BCUT2D eigenvalue weighted by molar-refractivity contribution is 5.14. The van der Waals surface area contributed by atoms with Crippen molar-refractivity contribution in [3.05, 3.63) is 35.9 Å². The monoisotopic (exact) mass is 233 g/mol. The van der Waals surface area contributed by atoms with Gasteiger partial charge in [0.05, 0.1) is 0 Å². The second-order valence-corrected chi connectivity index (χ2v) is 5.42. The first-order valence-corrected chi connectivity index (χ1v) is 6.96. The van der Waals surface area contributed by atoms with Crippen molar-refractivity contribution in [2.24, 2.45) is 5.92 Å². The zero-order valence-corrected chi connectivity index (χ0v) is 11.6. The number of benzene rings is 1. The Kier molecular flexibility index (Phi) is 6.95. The van der Waals surface area contributed by atoms with Gasteiger partial charge >= 0.3 is 0 Å². The average molecular weight is 233 g/mol. The number of hydrogen-bond donors (Lipinski definition) is 1. The van der Waals surface area contributed by atoms with Crippen LogP contribution in [0.2, 0.25) is 0 Å². The minimum absolute atomic E-state index is 0.650. The number of hydrogen-bond acceptors (Lipinski definition) is 1. The quantitative estimate of drug-likeness (QED) is 0.714. The van der Waals surface area contributed by atoms with Gasteiger partial charge in [-0.15, -0.1) is 0 Å². The van der Waals surface area contributed by atoms with Gasteiger partial charge in [-0.05, 0) is 37.8 Å². The molecule has 0 spiro atoms. The second-order valence-electron chi connectivity index (χ2n) is 5.42. The van der Waals surface area contributed by atoms with Gasteiger partial charge in [0, 0.05) is 6.04 Å². The summed E-state index contributed by atoms with van der Waals surface area (Å²) in [5.41, 5.74) is 1.43. The Morgan fingerprint density at radius 2 is 1.71 bits per heavy atom. The molecule has 0 aliphatic rings. The standard InChI is InChI=1S/C16H27N/c1-14(2)8-7-9-15(3)17-13-12-16-10-5-4-6-11-16/h4-6,10-11,14-15,17H,7-9,12-13H2,1-3H3. The van der Waals surface area contributed by atoms with Gasteiger partial charge in [-0.2, -0.15) is 0 Å². The maximum absolute atomic E-state index is 3.60. The fourth-order valence-corrected chi connectivity index (χ4v) is 2.04. The molecule has 0 heterocycles. The molecule has 0 amide bonds. The normalized spacial score (nSPS) is 12.9. The van der Waals surface area contributed by atoms with Gasteiger partial charge < -0.3 is 5.32 Å². The third-order valence-corrected chi connectivity index (χ3v) is 3.17. The average Bonchev–Trinajstić information content (AvgIpc) is 2.30. The topological polar surface area (TPSA) is 12.0 Å². The largest absolute Gasteiger partial charge is 0.314 e. The van der Waals surface area contributed by atoms with Crippen LogP contribution in [0, 0.1) is 5.92 Å². The molecule has 1 nitrogen and oxygen atoms in total. The molecule has 96 valence electrons. The van der Waals surface area contributed by atoms with E-state index in [4.69, 9.17) is 0 Å². The zero-order chi connectivity index (χ0) is 12.5. The summed E-state index contributed by atoms with van der Waals surface area (Å²) in [5, 5.41) is 3.60. The molecule has 0 fully saturated rings. The molecule has 1 aromatic carbocycles. The Morgan fingerprint density at radius 1 is 1.00 bits per heavy atom. The van der Waals surface area contributed by atoms with E-state index in [1.165, 1.54) is 24.8 Å². The van der Waals surface area contributed by atoms with Crippen LogP contribution in [0.4, 0.5) is 0 Å². The van der Waals surface area contributed by atoms with Crippen LogP contribution < -0.4 is 5.32 Å². The predicted molar refractivity (Wildman–Crippen MR) is 76.3 cm³/mol. The molecule has 0 saturated carbocycles. The molecule has 1 heteroatoms. The first kappa shape index (κ1) is 14.2. The van der Waals surface area contributed by atoms with Crippen LogP contribution in [0.5, 0.6) is 0 Å². The second kappa shape index (κ2) is 8.30. The lowest BCUT2D eigenvalue weighted by molar-refractivity contribution is 0.460. The summed E-state index contributed by atoms with van der Waals surface area (Å²) in [4.78, 5) is 0. The molecule has 1 atom stereocenters. The molecule has 1 N–H and O–H groups in total. The number of nitrogens with one attached hydrogen (secondary N) is 1. The molecular weight excluding hydrogens is 206 g/mol. The lowest BCUT2D eigenvalue weighted by Gasteiger charge is -2.14. The van der Waals surface area contributed by atoms with E-state index in [0.717, 1.165) is 18.9 Å². The predicted octanol–water partition coefficient (Wildman–Crippen LogP) is 4.03. The van der Waals surface area contributed by atoms with Gasteiger partial charge in [0.15, 0.2) is 0 Å². The van der Waals surface area contributed by atoms with Gasteiger partial charge in [0.2, 0.25) is 0 Å². The van der Waals surface area contributed by atoms with Crippen molar-refractivity contribution >= 4 is 0 Å². The Hall–Kier alpha value is -0.820. The van der Waals surface area contributed by atoms with Gasteiger partial charge in [-0.1, -0.05) is 57.0 Å². The molecule has 0 aliphatic carbocycles.